The maximum absolute atomic E-state index is 12.3. The van der Waals surface area contributed by atoms with E-state index in [0.717, 1.165) is 25.7 Å². The molecule has 0 aliphatic heterocycles. The lowest BCUT2D eigenvalue weighted by Gasteiger charge is -2.20. The Morgan fingerprint density at radius 3 is 1.17 bits per heavy atom. The third kappa shape index (κ3) is 36.0. The van der Waals surface area contributed by atoms with Crippen molar-refractivity contribution in [3.63, 3.8) is 0 Å². The number of hydrogen-bond acceptors (Lipinski definition) is 3. The van der Waals surface area contributed by atoms with Crippen LogP contribution in [0.25, 0.3) is 0 Å². The van der Waals surface area contributed by atoms with E-state index >= 15 is 0 Å². The Balaban J connectivity index is 3.51. The van der Waals surface area contributed by atoms with Crippen LogP contribution in [0.5, 0.6) is 0 Å². The van der Waals surface area contributed by atoms with Crippen molar-refractivity contribution in [2.75, 3.05) is 6.61 Å². The van der Waals surface area contributed by atoms with Crippen molar-refractivity contribution in [1.29, 1.82) is 0 Å². The van der Waals surface area contributed by atoms with Crippen molar-refractivity contribution >= 4 is 5.91 Å². The zero-order valence-corrected chi connectivity index (χ0v) is 31.8. The van der Waals surface area contributed by atoms with Gasteiger partial charge in [0.1, 0.15) is 0 Å². The number of carbonyl (C=O) groups is 1. The third-order valence-electron chi connectivity index (χ3n) is 9.68. The molecule has 0 aliphatic carbocycles. The molecule has 4 heteroatoms. The molecular formula is C43H83NO3. The first-order chi connectivity index (χ1) is 23.2. The van der Waals surface area contributed by atoms with E-state index in [1.165, 1.54) is 180 Å². The minimum atomic E-state index is -0.836. The fourth-order valence-electron chi connectivity index (χ4n) is 6.41. The zero-order chi connectivity index (χ0) is 34.3. The number of nitrogens with one attached hydrogen (secondary N) is 1. The highest BCUT2D eigenvalue weighted by Crippen LogP contribution is 2.14. The van der Waals surface area contributed by atoms with Crippen LogP contribution in [-0.4, -0.2) is 34.9 Å². The summed E-state index contributed by atoms with van der Waals surface area (Å²) in [5, 5.41) is 22.9. The van der Waals surface area contributed by atoms with Gasteiger partial charge in [-0.3, -0.25) is 4.79 Å². The molecule has 2 unspecified atom stereocenters. The summed E-state index contributed by atoms with van der Waals surface area (Å²) < 4.78 is 0. The van der Waals surface area contributed by atoms with E-state index in [1.54, 1.807) is 6.08 Å². The van der Waals surface area contributed by atoms with E-state index in [9.17, 15) is 15.0 Å². The van der Waals surface area contributed by atoms with E-state index in [1.807, 2.05) is 6.08 Å². The van der Waals surface area contributed by atoms with E-state index in [-0.39, 0.29) is 12.5 Å². The number of carbonyl (C=O) groups excluding carboxylic acids is 1. The van der Waals surface area contributed by atoms with Gasteiger partial charge < -0.3 is 15.5 Å². The van der Waals surface area contributed by atoms with Crippen LogP contribution in [0.4, 0.5) is 0 Å². The van der Waals surface area contributed by atoms with Gasteiger partial charge in [0.2, 0.25) is 5.91 Å². The van der Waals surface area contributed by atoms with Crippen LogP contribution in [-0.2, 0) is 4.79 Å². The molecule has 0 aliphatic rings. The molecule has 0 rings (SSSR count). The molecule has 1 amide bonds. The summed E-state index contributed by atoms with van der Waals surface area (Å²) in [5.41, 5.74) is 0. The average Bonchev–Trinajstić information content (AvgIpc) is 3.07. The quantitative estimate of drug-likeness (QED) is 0.0455. The van der Waals surface area contributed by atoms with Crippen LogP contribution in [0.2, 0.25) is 0 Å². The zero-order valence-electron chi connectivity index (χ0n) is 31.8. The number of unbranched alkanes of at least 4 members (excludes halogenated alkanes) is 29. The Labute approximate surface area is 294 Å². The van der Waals surface area contributed by atoms with E-state index in [0.29, 0.717) is 6.42 Å². The van der Waals surface area contributed by atoms with E-state index in [2.05, 4.69) is 31.3 Å². The van der Waals surface area contributed by atoms with Crippen LogP contribution >= 0.6 is 0 Å². The summed E-state index contributed by atoms with van der Waals surface area (Å²) in [4.78, 5) is 12.3. The largest absolute Gasteiger partial charge is 0.394 e. The number of amides is 1. The first kappa shape index (κ1) is 45.9. The Bertz CT molecular complexity index is 676. The molecule has 0 saturated heterocycles. The number of rotatable bonds is 38. The first-order valence-corrected chi connectivity index (χ1v) is 21.1. The molecule has 0 spiro atoms. The third-order valence-corrected chi connectivity index (χ3v) is 9.68. The molecule has 4 nitrogen and oxygen atoms in total. The summed E-state index contributed by atoms with van der Waals surface area (Å²) >= 11 is 0. The maximum atomic E-state index is 12.3. The lowest BCUT2D eigenvalue weighted by molar-refractivity contribution is -0.123. The Hall–Kier alpha value is -1.13. The van der Waals surface area contributed by atoms with Crippen molar-refractivity contribution in [1.82, 2.24) is 5.32 Å². The first-order valence-electron chi connectivity index (χ1n) is 21.1. The summed E-state index contributed by atoms with van der Waals surface area (Å²) in [6.45, 7) is 4.30. The fourth-order valence-corrected chi connectivity index (χ4v) is 6.41. The SMILES string of the molecule is CCCCCCCCCCC/C=C/C(O)C(CO)NC(=O)CCCCCCCCCC/C=C\CCCCCCCCCCCCCC. The highest BCUT2D eigenvalue weighted by Gasteiger charge is 2.17. The van der Waals surface area contributed by atoms with Gasteiger partial charge in [-0.05, 0) is 44.9 Å². The molecule has 0 aromatic rings. The van der Waals surface area contributed by atoms with Gasteiger partial charge >= 0.3 is 0 Å². The fraction of sp³-hybridized carbons (Fsp3) is 0.884. The Kier molecular flexibility index (Phi) is 38.4. The molecule has 0 saturated carbocycles. The Morgan fingerprint density at radius 2 is 0.809 bits per heavy atom. The highest BCUT2D eigenvalue weighted by molar-refractivity contribution is 5.76. The van der Waals surface area contributed by atoms with Gasteiger partial charge in [0.05, 0.1) is 18.8 Å². The van der Waals surface area contributed by atoms with Gasteiger partial charge in [0, 0.05) is 6.42 Å². The summed E-state index contributed by atoms with van der Waals surface area (Å²) in [6, 6.07) is -0.619. The second-order valence-corrected chi connectivity index (χ2v) is 14.4. The molecule has 0 radical (unpaired) electrons. The number of aliphatic hydroxyl groups is 2. The molecule has 278 valence electrons. The van der Waals surface area contributed by atoms with E-state index < -0.39 is 12.1 Å². The molecule has 3 N–H and O–H groups in total. The lowest BCUT2D eigenvalue weighted by Crippen LogP contribution is -2.45. The summed E-state index contributed by atoms with van der Waals surface area (Å²) in [5.74, 6) is -0.0673. The monoisotopic (exact) mass is 662 g/mol. The van der Waals surface area contributed by atoms with Crippen LogP contribution in [0.15, 0.2) is 24.3 Å². The normalized spacial score (nSPS) is 13.2. The smallest absolute Gasteiger partial charge is 0.220 e. The van der Waals surface area contributed by atoms with Crippen molar-refractivity contribution in [3.05, 3.63) is 24.3 Å². The van der Waals surface area contributed by atoms with Gasteiger partial charge in [0.15, 0.2) is 0 Å². The van der Waals surface area contributed by atoms with Crippen molar-refractivity contribution in [3.8, 4) is 0 Å². The van der Waals surface area contributed by atoms with Gasteiger partial charge in [-0.2, -0.15) is 0 Å². The number of aliphatic hydroxyl groups excluding tert-OH is 2. The molecule has 0 aromatic carbocycles. The molecular weight excluding hydrogens is 578 g/mol. The molecule has 0 aromatic heterocycles. The number of allylic oxidation sites excluding steroid dienone is 3. The van der Waals surface area contributed by atoms with E-state index in [4.69, 9.17) is 0 Å². The van der Waals surface area contributed by atoms with Crippen LogP contribution in [0, 0.1) is 0 Å². The molecule has 47 heavy (non-hydrogen) atoms. The van der Waals surface area contributed by atoms with Gasteiger partial charge in [-0.25, -0.2) is 0 Å². The molecule has 0 heterocycles. The minimum absolute atomic E-state index is 0.0673. The van der Waals surface area contributed by atoms with Crippen LogP contribution in [0.1, 0.15) is 226 Å². The number of hydrogen-bond donors (Lipinski definition) is 3. The topological polar surface area (TPSA) is 69.6 Å². The average molecular weight is 662 g/mol. The lowest BCUT2D eigenvalue weighted by atomic mass is 10.0. The van der Waals surface area contributed by atoms with Gasteiger partial charge in [-0.15, -0.1) is 0 Å². The highest BCUT2D eigenvalue weighted by atomic mass is 16.3. The van der Waals surface area contributed by atoms with Crippen molar-refractivity contribution in [2.45, 2.75) is 238 Å². The summed E-state index contributed by atoms with van der Waals surface area (Å²) in [7, 11) is 0. The molecule has 0 fully saturated rings. The van der Waals surface area contributed by atoms with Crippen molar-refractivity contribution in [2.24, 2.45) is 0 Å². The van der Waals surface area contributed by atoms with Crippen molar-refractivity contribution < 1.29 is 15.0 Å². The maximum Gasteiger partial charge on any atom is 0.220 e. The minimum Gasteiger partial charge on any atom is -0.394 e. The van der Waals surface area contributed by atoms with Gasteiger partial charge in [-0.1, -0.05) is 199 Å². The predicted octanol–water partition coefficient (Wildman–Crippen LogP) is 12.8. The Morgan fingerprint density at radius 1 is 0.489 bits per heavy atom. The van der Waals surface area contributed by atoms with Crippen LogP contribution < -0.4 is 5.32 Å². The second-order valence-electron chi connectivity index (χ2n) is 14.4. The van der Waals surface area contributed by atoms with Gasteiger partial charge in [0.25, 0.3) is 0 Å². The standard InChI is InChI=1S/C43H83NO3/c1-3-5-7-9-11-13-15-16-17-18-19-20-21-22-23-24-25-26-27-29-31-33-35-37-39-43(47)44-41(40-45)42(46)38-36-34-32-30-28-14-12-10-8-6-4-2/h22-23,36,38,41-42,45-46H,3-21,24-35,37,39-40H2,1-2H3,(H,44,47)/b23-22-,38-36+. The summed E-state index contributed by atoms with van der Waals surface area (Å²) in [6.07, 6.45) is 50.0. The van der Waals surface area contributed by atoms with Crippen LogP contribution in [0.3, 0.4) is 0 Å². The second kappa shape index (κ2) is 39.3. The molecule has 0 bridgehead atoms. The molecule has 2 atom stereocenters. The predicted molar refractivity (Wildman–Crippen MR) is 207 cm³/mol.